The highest BCUT2D eigenvalue weighted by atomic mass is 31.1. The minimum Gasteiger partial charge on any atom is -0.494 e. The van der Waals surface area contributed by atoms with E-state index in [1.165, 1.54) is 24.3 Å². The molecule has 0 N–H and O–H groups in total. The van der Waals surface area contributed by atoms with Gasteiger partial charge < -0.3 is 4.74 Å². The molecule has 0 aliphatic heterocycles. The van der Waals surface area contributed by atoms with Gasteiger partial charge in [0, 0.05) is 5.56 Å². The number of carbonyl (C=O) groups is 1. The molecule has 2 aromatic rings. The summed E-state index contributed by atoms with van der Waals surface area (Å²) in [6.07, 6.45) is 3.01. The van der Waals surface area contributed by atoms with Gasteiger partial charge in [0.05, 0.1) is 6.61 Å². The monoisotopic (exact) mass is 382 g/mol. The summed E-state index contributed by atoms with van der Waals surface area (Å²) in [6.45, 7) is 4.21. The van der Waals surface area contributed by atoms with E-state index in [2.05, 4.69) is 6.92 Å². The maximum Gasteiger partial charge on any atom is 0.416 e. The summed E-state index contributed by atoms with van der Waals surface area (Å²) in [6, 6.07) is 12.1. The SMILES string of the molecule is CCCCCOc1ccc(P(C(=O)c2ccccc2)C(F)(F)F)c(C)c1. The second kappa shape index (κ2) is 9.18. The molecule has 0 aromatic heterocycles. The van der Waals surface area contributed by atoms with E-state index >= 15 is 0 Å². The Labute approximate surface area is 153 Å². The molecule has 0 bridgehead atoms. The highest BCUT2D eigenvalue weighted by molar-refractivity contribution is 7.83. The van der Waals surface area contributed by atoms with Crippen molar-refractivity contribution in [3.8, 4) is 5.75 Å². The normalized spacial score (nSPS) is 12.7. The van der Waals surface area contributed by atoms with Gasteiger partial charge in [-0.1, -0.05) is 50.1 Å². The van der Waals surface area contributed by atoms with Crippen molar-refractivity contribution in [2.45, 2.75) is 39.0 Å². The summed E-state index contributed by atoms with van der Waals surface area (Å²) in [5.74, 6) is -4.07. The number of aryl methyl sites for hydroxylation is 1. The molecule has 1 atom stereocenters. The number of rotatable bonds is 8. The molecule has 26 heavy (non-hydrogen) atoms. The van der Waals surface area contributed by atoms with Gasteiger partial charge >= 0.3 is 5.92 Å². The first-order chi connectivity index (χ1) is 12.3. The van der Waals surface area contributed by atoms with Gasteiger partial charge in [0.15, 0.2) is 5.52 Å². The van der Waals surface area contributed by atoms with Gasteiger partial charge in [-0.05, 0) is 42.4 Å². The van der Waals surface area contributed by atoms with Crippen molar-refractivity contribution < 1.29 is 22.7 Å². The second-order valence-electron chi connectivity index (χ2n) is 5.98. The molecule has 0 heterocycles. The molecule has 2 nitrogen and oxygen atoms in total. The summed E-state index contributed by atoms with van der Waals surface area (Å²) < 4.78 is 46.7. The van der Waals surface area contributed by atoms with Gasteiger partial charge in [-0.15, -0.1) is 0 Å². The molecule has 6 heteroatoms. The zero-order chi connectivity index (χ0) is 19.2. The average molecular weight is 382 g/mol. The Morgan fingerprint density at radius 3 is 2.35 bits per heavy atom. The van der Waals surface area contributed by atoms with Crippen LogP contribution in [0.2, 0.25) is 0 Å². The average Bonchev–Trinajstić information content (AvgIpc) is 2.60. The van der Waals surface area contributed by atoms with Crippen LogP contribution in [0.15, 0.2) is 48.5 Å². The van der Waals surface area contributed by atoms with Crippen molar-refractivity contribution in [3.05, 3.63) is 59.7 Å². The quantitative estimate of drug-likeness (QED) is 0.411. The molecule has 0 saturated carbocycles. The summed E-state index contributed by atoms with van der Waals surface area (Å²) in [5.41, 5.74) is -0.381. The molecule has 0 aliphatic carbocycles. The Morgan fingerprint density at radius 2 is 1.77 bits per heavy atom. The standard InChI is InChI=1S/C20H22F3O2P/c1-3-4-8-13-25-17-11-12-18(15(2)14-17)26(20(21,22)23)19(24)16-9-6-5-7-10-16/h5-7,9-12,14H,3-4,8,13H2,1-2H3. The molecule has 1 unspecified atom stereocenters. The summed E-state index contributed by atoms with van der Waals surface area (Å²) in [5, 5.41) is 0.0299. The maximum atomic E-state index is 13.7. The number of hydrogen-bond acceptors (Lipinski definition) is 2. The van der Waals surface area contributed by atoms with Gasteiger partial charge in [-0.3, -0.25) is 4.79 Å². The molecule has 0 spiro atoms. The largest absolute Gasteiger partial charge is 0.494 e. The molecule has 0 fully saturated rings. The van der Waals surface area contributed by atoms with E-state index in [9.17, 15) is 18.0 Å². The maximum absolute atomic E-state index is 13.7. The van der Waals surface area contributed by atoms with E-state index in [0.29, 0.717) is 17.9 Å². The van der Waals surface area contributed by atoms with E-state index in [1.54, 1.807) is 31.2 Å². The van der Waals surface area contributed by atoms with Crippen molar-refractivity contribution in [3.63, 3.8) is 0 Å². The predicted molar refractivity (Wildman–Crippen MR) is 99.6 cm³/mol. The van der Waals surface area contributed by atoms with Gasteiger partial charge in [-0.25, -0.2) is 0 Å². The first-order valence-corrected chi connectivity index (χ1v) is 9.88. The lowest BCUT2D eigenvalue weighted by Gasteiger charge is -2.22. The lowest BCUT2D eigenvalue weighted by atomic mass is 10.2. The highest BCUT2D eigenvalue weighted by Gasteiger charge is 2.46. The number of carbonyl (C=O) groups excluding carboxylic acids is 1. The van der Waals surface area contributed by atoms with Gasteiger partial charge in [-0.2, -0.15) is 13.2 Å². The fourth-order valence-corrected chi connectivity index (χ4v) is 4.35. The van der Waals surface area contributed by atoms with Crippen molar-refractivity contribution in [1.29, 1.82) is 0 Å². The summed E-state index contributed by atoms with van der Waals surface area (Å²) >= 11 is 0. The van der Waals surface area contributed by atoms with Crippen LogP contribution in [0.5, 0.6) is 5.75 Å². The van der Waals surface area contributed by atoms with Gasteiger partial charge in [0.25, 0.3) is 0 Å². The number of halogens is 3. The number of ether oxygens (including phenoxy) is 1. The number of benzene rings is 2. The minimum atomic E-state index is -4.60. The fraction of sp³-hybridized carbons (Fsp3) is 0.350. The fourth-order valence-electron chi connectivity index (χ4n) is 2.58. The van der Waals surface area contributed by atoms with Crippen LogP contribution in [0.3, 0.4) is 0 Å². The Kier molecular flexibility index (Phi) is 7.22. The topological polar surface area (TPSA) is 26.3 Å². The molecule has 140 valence electrons. The Bertz CT molecular complexity index is 730. The van der Waals surface area contributed by atoms with Crippen LogP contribution in [0.4, 0.5) is 13.2 Å². The smallest absolute Gasteiger partial charge is 0.416 e. The van der Waals surface area contributed by atoms with Crippen LogP contribution in [-0.4, -0.2) is 18.0 Å². The number of hydrogen-bond donors (Lipinski definition) is 0. The lowest BCUT2D eigenvalue weighted by molar-refractivity contribution is -0.0384. The zero-order valence-corrected chi connectivity index (χ0v) is 15.7. The van der Waals surface area contributed by atoms with Crippen LogP contribution in [-0.2, 0) is 0 Å². The highest BCUT2D eigenvalue weighted by Crippen LogP contribution is 2.55. The molecular weight excluding hydrogens is 360 g/mol. The second-order valence-corrected chi connectivity index (χ2v) is 8.04. The first kappa shape index (κ1) is 20.4. The Morgan fingerprint density at radius 1 is 1.08 bits per heavy atom. The van der Waals surface area contributed by atoms with Gasteiger partial charge in [0.1, 0.15) is 13.7 Å². The Balaban J connectivity index is 2.27. The van der Waals surface area contributed by atoms with E-state index in [4.69, 9.17) is 4.74 Å². The molecular formula is C20H22F3O2P. The molecule has 0 radical (unpaired) electrons. The summed E-state index contributed by atoms with van der Waals surface area (Å²) in [7, 11) is -2.98. The molecule has 2 aromatic carbocycles. The lowest BCUT2D eigenvalue weighted by Crippen LogP contribution is -2.23. The molecule has 2 rings (SSSR count). The molecule has 0 amide bonds. The van der Waals surface area contributed by atoms with Crippen LogP contribution in [0, 0.1) is 6.92 Å². The van der Waals surface area contributed by atoms with E-state index < -0.39 is 19.4 Å². The van der Waals surface area contributed by atoms with Crippen molar-refractivity contribution >= 4 is 18.8 Å². The summed E-state index contributed by atoms with van der Waals surface area (Å²) in [4.78, 5) is 12.6. The molecule has 0 aliphatic rings. The first-order valence-electron chi connectivity index (χ1n) is 8.54. The van der Waals surface area contributed by atoms with E-state index in [0.717, 1.165) is 19.3 Å². The third-order valence-electron chi connectivity index (χ3n) is 3.90. The van der Waals surface area contributed by atoms with E-state index in [-0.39, 0.29) is 10.9 Å². The van der Waals surface area contributed by atoms with Crippen molar-refractivity contribution in [1.82, 2.24) is 0 Å². The third-order valence-corrected chi connectivity index (χ3v) is 6.06. The third kappa shape index (κ3) is 5.31. The number of unbranched alkanes of at least 4 members (excludes halogenated alkanes) is 2. The van der Waals surface area contributed by atoms with Crippen LogP contribution in [0.25, 0.3) is 0 Å². The minimum absolute atomic E-state index is 0.0299. The van der Waals surface area contributed by atoms with Crippen molar-refractivity contribution in [2.24, 2.45) is 0 Å². The van der Waals surface area contributed by atoms with Crippen LogP contribution in [0.1, 0.15) is 42.1 Å². The number of alkyl halides is 3. The van der Waals surface area contributed by atoms with Gasteiger partial charge in [0.2, 0.25) is 0 Å². The van der Waals surface area contributed by atoms with Crippen LogP contribution >= 0.6 is 7.92 Å². The van der Waals surface area contributed by atoms with E-state index in [1.807, 2.05) is 0 Å². The molecule has 0 saturated heterocycles. The van der Waals surface area contributed by atoms with Crippen molar-refractivity contribution in [2.75, 3.05) is 6.61 Å². The predicted octanol–water partition coefficient (Wildman–Crippen LogP) is 6.03. The van der Waals surface area contributed by atoms with Crippen LogP contribution < -0.4 is 10.0 Å². The zero-order valence-electron chi connectivity index (χ0n) is 14.8. The Hall–Kier alpha value is -1.87.